The molecule has 0 aromatic carbocycles. The molecule has 0 aliphatic heterocycles. The van der Waals surface area contributed by atoms with Gasteiger partial charge >= 0.3 is 0 Å². The Morgan fingerprint density at radius 2 is 2.42 bits per heavy atom. The van der Waals surface area contributed by atoms with Gasteiger partial charge in [0.15, 0.2) is 0 Å². The summed E-state index contributed by atoms with van der Waals surface area (Å²) in [5.41, 5.74) is 0.617. The van der Waals surface area contributed by atoms with Crippen LogP contribution >= 0.6 is 0 Å². The zero-order chi connectivity index (χ0) is 8.97. The number of pyridine rings is 1. The molecule has 0 saturated carbocycles. The number of aliphatic hydroxyl groups excluding tert-OH is 1. The fourth-order valence-electron chi connectivity index (χ4n) is 1.01. The zero-order valence-corrected chi connectivity index (χ0v) is 7.00. The van der Waals surface area contributed by atoms with E-state index in [0.717, 1.165) is 0 Å². The van der Waals surface area contributed by atoms with Crippen molar-refractivity contribution < 1.29 is 9.50 Å². The Morgan fingerprint density at radius 3 is 3.00 bits per heavy atom. The molecule has 1 atom stereocenters. The average molecular weight is 169 g/mol. The van der Waals surface area contributed by atoms with Crippen LogP contribution < -0.4 is 0 Å². The minimum absolute atomic E-state index is 0.0851. The second-order valence-corrected chi connectivity index (χ2v) is 2.96. The van der Waals surface area contributed by atoms with Crippen LogP contribution in [0.3, 0.4) is 0 Å². The molecule has 0 fully saturated rings. The second kappa shape index (κ2) is 4.16. The molecule has 0 spiro atoms. The minimum atomic E-state index is -0.294. The summed E-state index contributed by atoms with van der Waals surface area (Å²) < 4.78 is 12.9. The van der Waals surface area contributed by atoms with Crippen molar-refractivity contribution in [3.8, 4) is 0 Å². The SMILES string of the molecule is CC(CO)Cc1ccncc1F. The number of hydrogen-bond donors (Lipinski definition) is 1. The van der Waals surface area contributed by atoms with Crippen LogP contribution in [0.5, 0.6) is 0 Å². The van der Waals surface area contributed by atoms with E-state index < -0.39 is 0 Å². The Balaban J connectivity index is 2.69. The van der Waals surface area contributed by atoms with E-state index in [1.165, 1.54) is 6.20 Å². The fraction of sp³-hybridized carbons (Fsp3) is 0.444. The Hall–Kier alpha value is -0.960. The van der Waals surface area contributed by atoms with Crippen LogP contribution in [0.4, 0.5) is 4.39 Å². The average Bonchev–Trinajstić information content (AvgIpc) is 2.09. The van der Waals surface area contributed by atoms with E-state index in [0.29, 0.717) is 12.0 Å². The lowest BCUT2D eigenvalue weighted by molar-refractivity contribution is 0.236. The third-order valence-corrected chi connectivity index (χ3v) is 1.74. The van der Waals surface area contributed by atoms with Crippen LogP contribution in [0.15, 0.2) is 18.5 Å². The van der Waals surface area contributed by atoms with Crippen molar-refractivity contribution in [2.45, 2.75) is 13.3 Å². The molecule has 3 heteroatoms. The van der Waals surface area contributed by atoms with Gasteiger partial charge in [-0.15, -0.1) is 0 Å². The molecule has 0 saturated heterocycles. The molecule has 0 aliphatic carbocycles. The Bertz CT molecular complexity index is 252. The predicted molar refractivity (Wildman–Crippen MR) is 44.1 cm³/mol. The van der Waals surface area contributed by atoms with E-state index in [9.17, 15) is 4.39 Å². The molecule has 0 aliphatic rings. The fourth-order valence-corrected chi connectivity index (χ4v) is 1.01. The number of rotatable bonds is 3. The molecule has 12 heavy (non-hydrogen) atoms. The van der Waals surface area contributed by atoms with E-state index in [-0.39, 0.29) is 18.3 Å². The van der Waals surface area contributed by atoms with Gasteiger partial charge in [-0.05, 0) is 24.0 Å². The quantitative estimate of drug-likeness (QED) is 0.741. The van der Waals surface area contributed by atoms with Crippen molar-refractivity contribution in [1.29, 1.82) is 0 Å². The van der Waals surface area contributed by atoms with Crippen LogP contribution in [-0.2, 0) is 6.42 Å². The maximum Gasteiger partial charge on any atom is 0.144 e. The van der Waals surface area contributed by atoms with Gasteiger partial charge in [-0.2, -0.15) is 0 Å². The van der Waals surface area contributed by atoms with Crippen molar-refractivity contribution in [2.24, 2.45) is 5.92 Å². The summed E-state index contributed by atoms with van der Waals surface area (Å²) in [7, 11) is 0. The van der Waals surface area contributed by atoms with E-state index in [4.69, 9.17) is 5.11 Å². The molecular formula is C9H12FNO. The molecule has 1 aromatic heterocycles. The van der Waals surface area contributed by atoms with Crippen molar-refractivity contribution in [3.63, 3.8) is 0 Å². The number of halogens is 1. The maximum atomic E-state index is 12.9. The first-order valence-electron chi connectivity index (χ1n) is 3.93. The number of nitrogens with zero attached hydrogens (tertiary/aromatic N) is 1. The summed E-state index contributed by atoms with van der Waals surface area (Å²) in [6.45, 7) is 1.96. The highest BCUT2D eigenvalue weighted by Crippen LogP contribution is 2.10. The van der Waals surface area contributed by atoms with Crippen LogP contribution in [0, 0.1) is 11.7 Å². The predicted octanol–water partition coefficient (Wildman–Crippen LogP) is 1.39. The monoisotopic (exact) mass is 169 g/mol. The lowest BCUT2D eigenvalue weighted by Crippen LogP contribution is -2.06. The van der Waals surface area contributed by atoms with Gasteiger partial charge in [0.2, 0.25) is 0 Å². The van der Waals surface area contributed by atoms with Gasteiger partial charge in [0.25, 0.3) is 0 Å². The first kappa shape index (κ1) is 9.13. The van der Waals surface area contributed by atoms with Gasteiger partial charge in [0, 0.05) is 12.8 Å². The van der Waals surface area contributed by atoms with Gasteiger partial charge in [-0.3, -0.25) is 4.98 Å². The van der Waals surface area contributed by atoms with Gasteiger partial charge in [0.1, 0.15) is 5.82 Å². The summed E-state index contributed by atoms with van der Waals surface area (Å²) in [6.07, 6.45) is 3.31. The standard InChI is InChI=1S/C9H12FNO/c1-7(6-12)4-8-2-3-11-5-9(8)10/h2-3,5,7,12H,4,6H2,1H3. The highest BCUT2D eigenvalue weighted by molar-refractivity contribution is 5.12. The van der Waals surface area contributed by atoms with E-state index in [1.54, 1.807) is 12.3 Å². The third-order valence-electron chi connectivity index (χ3n) is 1.74. The largest absolute Gasteiger partial charge is 0.396 e. The molecule has 1 unspecified atom stereocenters. The van der Waals surface area contributed by atoms with Gasteiger partial charge in [0.05, 0.1) is 6.20 Å². The van der Waals surface area contributed by atoms with Crippen LogP contribution in [-0.4, -0.2) is 16.7 Å². The molecule has 1 N–H and O–H groups in total. The highest BCUT2D eigenvalue weighted by atomic mass is 19.1. The second-order valence-electron chi connectivity index (χ2n) is 2.96. The van der Waals surface area contributed by atoms with Gasteiger partial charge in [-0.1, -0.05) is 6.92 Å². The van der Waals surface area contributed by atoms with E-state index in [2.05, 4.69) is 4.98 Å². The van der Waals surface area contributed by atoms with Crippen LogP contribution in [0.25, 0.3) is 0 Å². The molecule has 2 nitrogen and oxygen atoms in total. The van der Waals surface area contributed by atoms with Crippen molar-refractivity contribution in [1.82, 2.24) is 4.98 Å². The molecule has 0 bridgehead atoms. The van der Waals surface area contributed by atoms with Crippen LogP contribution in [0.2, 0.25) is 0 Å². The summed E-state index contributed by atoms with van der Waals surface area (Å²) in [5, 5.41) is 8.75. The summed E-state index contributed by atoms with van der Waals surface area (Å²) in [4.78, 5) is 3.64. The number of aromatic nitrogens is 1. The Morgan fingerprint density at radius 1 is 1.67 bits per heavy atom. The maximum absolute atomic E-state index is 12.9. The molecule has 0 amide bonds. The smallest absolute Gasteiger partial charge is 0.144 e. The zero-order valence-electron chi connectivity index (χ0n) is 7.00. The molecule has 66 valence electrons. The number of aliphatic hydroxyl groups is 1. The lowest BCUT2D eigenvalue weighted by Gasteiger charge is -2.07. The third kappa shape index (κ3) is 2.27. The molecule has 1 aromatic rings. The van der Waals surface area contributed by atoms with Crippen LogP contribution in [0.1, 0.15) is 12.5 Å². The van der Waals surface area contributed by atoms with Gasteiger partial charge < -0.3 is 5.11 Å². The highest BCUT2D eigenvalue weighted by Gasteiger charge is 2.05. The Kier molecular flexibility index (Phi) is 3.17. The Labute approximate surface area is 71.1 Å². The van der Waals surface area contributed by atoms with Crippen molar-refractivity contribution in [3.05, 3.63) is 29.8 Å². The van der Waals surface area contributed by atoms with E-state index in [1.807, 2.05) is 6.92 Å². The molecule has 0 radical (unpaired) electrons. The van der Waals surface area contributed by atoms with Crippen molar-refractivity contribution in [2.75, 3.05) is 6.61 Å². The lowest BCUT2D eigenvalue weighted by atomic mass is 10.0. The molecule has 1 heterocycles. The first-order chi connectivity index (χ1) is 5.74. The topological polar surface area (TPSA) is 33.1 Å². The van der Waals surface area contributed by atoms with E-state index >= 15 is 0 Å². The molecular weight excluding hydrogens is 157 g/mol. The number of hydrogen-bond acceptors (Lipinski definition) is 2. The summed E-state index contributed by atoms with van der Waals surface area (Å²) in [5.74, 6) is -0.195. The normalized spacial score (nSPS) is 12.9. The summed E-state index contributed by atoms with van der Waals surface area (Å²) in [6, 6.07) is 1.64. The molecule has 1 rings (SSSR count). The van der Waals surface area contributed by atoms with Gasteiger partial charge in [-0.25, -0.2) is 4.39 Å². The first-order valence-corrected chi connectivity index (χ1v) is 3.93. The minimum Gasteiger partial charge on any atom is -0.396 e. The van der Waals surface area contributed by atoms with Crippen molar-refractivity contribution >= 4 is 0 Å². The summed E-state index contributed by atoms with van der Waals surface area (Å²) >= 11 is 0.